The Morgan fingerprint density at radius 1 is 0.913 bits per heavy atom. The van der Waals surface area contributed by atoms with Gasteiger partial charge >= 0.3 is 0 Å². The number of hydrogen-bond acceptors (Lipinski definition) is 6. The standard InChI is InChI=1S/C15H37N6O.Ti/c1-6-19-15(20-7-2,21-8-3)14(22-13(4)5)18-12-11-17-10-9-16;/h13-14,16-21H,6-12H2,1-5H3;/q-1;. The normalized spacial score (nSPS) is 13.2. The predicted octanol–water partition coefficient (Wildman–Crippen LogP) is 0.449. The van der Waals surface area contributed by atoms with Gasteiger partial charge in [0.2, 0.25) is 0 Å². The van der Waals surface area contributed by atoms with Crippen LogP contribution >= 0.6 is 0 Å². The molecular formula is C15H37N6OTi-. The van der Waals surface area contributed by atoms with Crippen LogP contribution in [0.5, 0.6) is 0 Å². The molecule has 0 aromatic rings. The number of nitrogens with one attached hydrogen (secondary N) is 6. The Labute approximate surface area is 157 Å². The van der Waals surface area contributed by atoms with E-state index < -0.39 is 5.79 Å². The first-order valence-electron chi connectivity index (χ1n) is 8.55. The van der Waals surface area contributed by atoms with E-state index in [-0.39, 0.29) is 34.0 Å². The molecule has 0 radical (unpaired) electrons. The van der Waals surface area contributed by atoms with Crippen LogP contribution in [0.3, 0.4) is 0 Å². The second-order valence-electron chi connectivity index (χ2n) is 5.42. The van der Waals surface area contributed by atoms with Crippen LogP contribution in [0.15, 0.2) is 0 Å². The van der Waals surface area contributed by atoms with E-state index in [0.29, 0.717) is 6.54 Å². The quantitative estimate of drug-likeness (QED) is 0.164. The van der Waals surface area contributed by atoms with Crippen molar-refractivity contribution in [2.45, 2.75) is 52.7 Å². The molecule has 1 unspecified atom stereocenters. The van der Waals surface area contributed by atoms with E-state index >= 15 is 0 Å². The van der Waals surface area contributed by atoms with Crippen LogP contribution in [0.4, 0.5) is 0 Å². The molecule has 0 saturated carbocycles. The molecule has 0 aliphatic heterocycles. The van der Waals surface area contributed by atoms with Crippen molar-refractivity contribution in [1.82, 2.24) is 26.6 Å². The molecule has 6 N–H and O–H groups in total. The van der Waals surface area contributed by atoms with Crippen LogP contribution in [0.25, 0.3) is 5.73 Å². The molecule has 0 heterocycles. The fourth-order valence-corrected chi connectivity index (χ4v) is 2.38. The van der Waals surface area contributed by atoms with Crippen molar-refractivity contribution in [3.63, 3.8) is 0 Å². The topological polar surface area (TPSA) is 93.2 Å². The zero-order valence-electron chi connectivity index (χ0n) is 15.5. The summed E-state index contributed by atoms with van der Waals surface area (Å²) in [6.07, 6.45) is -0.0841. The van der Waals surface area contributed by atoms with Gasteiger partial charge in [0.1, 0.15) is 0 Å². The van der Waals surface area contributed by atoms with Crippen molar-refractivity contribution in [2.24, 2.45) is 0 Å². The van der Waals surface area contributed by atoms with Crippen molar-refractivity contribution in [3.05, 3.63) is 5.73 Å². The van der Waals surface area contributed by atoms with Crippen molar-refractivity contribution in [3.8, 4) is 0 Å². The SMILES string of the molecule is CCNC(NCC)(NCC)C(NCCNCC[NH-])OC(C)C.[Ti]. The second kappa shape index (κ2) is 15.9. The Morgan fingerprint density at radius 3 is 1.83 bits per heavy atom. The molecule has 0 saturated heterocycles. The number of likely N-dealkylation sites (N-methyl/N-ethyl adjacent to an activating group) is 3. The van der Waals surface area contributed by atoms with Crippen molar-refractivity contribution >= 4 is 0 Å². The third kappa shape index (κ3) is 10.8. The van der Waals surface area contributed by atoms with Gasteiger partial charge < -0.3 is 15.8 Å². The molecule has 0 spiro atoms. The van der Waals surface area contributed by atoms with E-state index in [4.69, 9.17) is 10.5 Å². The Hall–Kier alpha value is 0.434. The molecule has 0 fully saturated rings. The molecule has 0 amide bonds. The van der Waals surface area contributed by atoms with Gasteiger partial charge in [0, 0.05) is 34.8 Å². The van der Waals surface area contributed by atoms with Gasteiger partial charge in [-0.3, -0.25) is 21.3 Å². The average molecular weight is 365 g/mol. The smallest absolute Gasteiger partial charge is 0.164 e. The maximum absolute atomic E-state index is 7.14. The van der Waals surface area contributed by atoms with Gasteiger partial charge in [-0.1, -0.05) is 20.8 Å². The van der Waals surface area contributed by atoms with E-state index in [2.05, 4.69) is 47.4 Å². The fraction of sp³-hybridized carbons (Fsp3) is 1.00. The largest absolute Gasteiger partial charge is 0.676 e. The molecule has 0 aromatic carbocycles. The molecule has 138 valence electrons. The Morgan fingerprint density at radius 2 is 1.43 bits per heavy atom. The van der Waals surface area contributed by atoms with Gasteiger partial charge in [0.05, 0.1) is 6.10 Å². The Balaban J connectivity index is 0. The molecule has 0 aliphatic rings. The van der Waals surface area contributed by atoms with Gasteiger partial charge in [-0.25, -0.2) is 0 Å². The third-order valence-corrected chi connectivity index (χ3v) is 3.10. The molecule has 1 atom stereocenters. The molecular weight excluding hydrogens is 328 g/mol. The van der Waals surface area contributed by atoms with E-state index in [1.165, 1.54) is 0 Å². The van der Waals surface area contributed by atoms with Crippen LogP contribution < -0.4 is 26.6 Å². The first-order chi connectivity index (χ1) is 10.6. The summed E-state index contributed by atoms with van der Waals surface area (Å²) in [6.45, 7) is 15.6. The predicted molar refractivity (Wildman–Crippen MR) is 93.8 cm³/mol. The summed E-state index contributed by atoms with van der Waals surface area (Å²) in [5, 5.41) is 17.2. The zero-order valence-corrected chi connectivity index (χ0v) is 17.1. The second-order valence-corrected chi connectivity index (χ2v) is 5.42. The average Bonchev–Trinajstić information content (AvgIpc) is 2.46. The summed E-state index contributed by atoms with van der Waals surface area (Å²) in [4.78, 5) is 0. The summed E-state index contributed by atoms with van der Waals surface area (Å²) in [6, 6.07) is 0. The monoisotopic (exact) mass is 365 g/mol. The molecule has 0 aliphatic carbocycles. The molecule has 0 bridgehead atoms. The van der Waals surface area contributed by atoms with E-state index in [9.17, 15) is 0 Å². The molecule has 7 nitrogen and oxygen atoms in total. The zero-order chi connectivity index (χ0) is 16.8. The van der Waals surface area contributed by atoms with Gasteiger partial charge in [0.25, 0.3) is 0 Å². The van der Waals surface area contributed by atoms with Crippen LogP contribution in [0.2, 0.25) is 0 Å². The minimum atomic E-state index is -0.502. The molecule has 0 rings (SSSR count). The minimum absolute atomic E-state index is 0. The number of hydrogen-bond donors (Lipinski definition) is 5. The molecule has 0 aromatic heterocycles. The Bertz CT molecular complexity index is 241. The summed E-state index contributed by atoms with van der Waals surface area (Å²) < 4.78 is 6.12. The van der Waals surface area contributed by atoms with Gasteiger partial charge in [-0.2, -0.15) is 0 Å². The van der Waals surface area contributed by atoms with Crippen LogP contribution in [0.1, 0.15) is 34.6 Å². The summed E-state index contributed by atoms with van der Waals surface area (Å²) in [5.41, 5.74) is 7.14. The van der Waals surface area contributed by atoms with Gasteiger partial charge in [-0.15, -0.1) is 6.54 Å². The van der Waals surface area contributed by atoms with Crippen LogP contribution in [-0.2, 0) is 26.5 Å². The van der Waals surface area contributed by atoms with Gasteiger partial charge in [0.15, 0.2) is 12.0 Å². The molecule has 23 heavy (non-hydrogen) atoms. The van der Waals surface area contributed by atoms with E-state index in [1.807, 2.05) is 13.8 Å². The first-order valence-corrected chi connectivity index (χ1v) is 8.55. The van der Waals surface area contributed by atoms with E-state index in [0.717, 1.165) is 39.3 Å². The summed E-state index contributed by atoms with van der Waals surface area (Å²) in [5.74, 6) is -0.502. The Kier molecular flexibility index (Phi) is 17.8. The van der Waals surface area contributed by atoms with Gasteiger partial charge in [-0.05, 0) is 40.0 Å². The van der Waals surface area contributed by atoms with E-state index in [1.54, 1.807) is 0 Å². The first kappa shape index (κ1) is 25.7. The maximum Gasteiger partial charge on any atom is 0.164 e. The van der Waals surface area contributed by atoms with Crippen molar-refractivity contribution < 1.29 is 26.5 Å². The number of ether oxygens (including phenoxy) is 1. The van der Waals surface area contributed by atoms with Crippen LogP contribution in [-0.4, -0.2) is 63.9 Å². The third-order valence-electron chi connectivity index (χ3n) is 3.10. The maximum atomic E-state index is 7.14. The number of rotatable bonds is 15. The van der Waals surface area contributed by atoms with Crippen LogP contribution in [0, 0.1) is 0 Å². The summed E-state index contributed by atoms with van der Waals surface area (Å²) >= 11 is 0. The fourth-order valence-electron chi connectivity index (χ4n) is 2.38. The van der Waals surface area contributed by atoms with Crippen molar-refractivity contribution in [1.29, 1.82) is 0 Å². The molecule has 8 heteroatoms. The minimum Gasteiger partial charge on any atom is -0.676 e. The van der Waals surface area contributed by atoms with Crippen molar-refractivity contribution in [2.75, 3.05) is 45.8 Å². The summed E-state index contributed by atoms with van der Waals surface area (Å²) in [7, 11) is 0.